The maximum atomic E-state index is 9.87. The summed E-state index contributed by atoms with van der Waals surface area (Å²) in [5, 5.41) is 0. The molecule has 0 aliphatic heterocycles. The van der Waals surface area contributed by atoms with Gasteiger partial charge in [0, 0.05) is 0 Å². The van der Waals surface area contributed by atoms with E-state index in [4.69, 9.17) is 11.5 Å². The van der Waals surface area contributed by atoms with Gasteiger partial charge in [-0.3, -0.25) is 11.5 Å². The van der Waals surface area contributed by atoms with Crippen molar-refractivity contribution in [3.05, 3.63) is 58.7 Å². The van der Waals surface area contributed by atoms with E-state index < -0.39 is 7.81 Å². The monoisotopic (exact) mass is 581 g/mol. The molecule has 3 nitrogen and oxygen atoms in total. The normalized spacial score (nSPS) is 13.2. The molecule has 0 spiro atoms. The van der Waals surface area contributed by atoms with E-state index in [0.29, 0.717) is 5.96 Å². The Hall–Kier alpha value is -2.28. The molecule has 2 aromatic carbocycles. The Labute approximate surface area is 229 Å². The van der Waals surface area contributed by atoms with Crippen LogP contribution in [0.25, 0.3) is 0 Å². The molecule has 0 saturated carbocycles. The number of halogens is 6. The predicted octanol–water partition coefficient (Wildman–Crippen LogP) is 10.5. The number of unbranched alkanes of at least 4 members (excludes halogenated alkanes) is 4. The minimum absolute atomic E-state index is 0.350. The Morgan fingerprint density at radius 2 is 0.897 bits per heavy atom. The van der Waals surface area contributed by atoms with Crippen LogP contribution < -0.4 is 16.0 Å². The Morgan fingerprint density at radius 3 is 1.18 bits per heavy atom. The van der Waals surface area contributed by atoms with Gasteiger partial charge < -0.3 is 0 Å². The molecule has 4 N–H and O–H groups in total. The molecule has 39 heavy (non-hydrogen) atoms. The second-order valence-electron chi connectivity index (χ2n) is 10.1. The van der Waals surface area contributed by atoms with Crippen LogP contribution in [-0.2, 0) is 25.7 Å². The maximum absolute atomic E-state index is 10.7. The van der Waals surface area contributed by atoms with Crippen LogP contribution in [0.15, 0.2) is 36.4 Å². The van der Waals surface area contributed by atoms with Crippen molar-refractivity contribution in [2.24, 2.45) is 11.5 Å². The zero-order valence-corrected chi connectivity index (χ0v) is 24.7. The number of guanidine groups is 1. The predicted molar refractivity (Wildman–Crippen MR) is 156 cm³/mol. The summed E-state index contributed by atoms with van der Waals surface area (Å²) >= 11 is 0. The molecule has 0 aromatic heterocycles. The van der Waals surface area contributed by atoms with Gasteiger partial charge in [-0.2, -0.15) is 4.58 Å². The van der Waals surface area contributed by atoms with E-state index in [-0.39, 0.29) is 0 Å². The van der Waals surface area contributed by atoms with Crippen molar-refractivity contribution in [3.8, 4) is 0 Å². The quantitative estimate of drug-likeness (QED) is 0.0767. The van der Waals surface area contributed by atoms with Crippen LogP contribution in [0.3, 0.4) is 0 Å². The summed E-state index contributed by atoms with van der Waals surface area (Å²) in [6.07, 6.45) is 13.9. The van der Waals surface area contributed by atoms with Crippen LogP contribution in [0.5, 0.6) is 0 Å². The standard InChI is InChI=1S/C29H45N3.F6P/c1-5-9-13-23-17-19-27(25(21-23)15-11-7-3)32(29(30)31)28-20-18-24(14-10-6-2)22-26(28)16-12-8-4;1-7(2,3,4,5)6/h17-22H,5-16H2,1-4H3,(H3,30,31);/q;-1/p+1. The van der Waals surface area contributed by atoms with Gasteiger partial charge in [0.1, 0.15) is 11.4 Å². The van der Waals surface area contributed by atoms with E-state index in [2.05, 4.69) is 68.7 Å². The molecule has 0 aliphatic carbocycles. The number of nitrogens with zero attached hydrogens (tertiary/aromatic N) is 1. The summed E-state index contributed by atoms with van der Waals surface area (Å²) < 4.78 is 61.3. The summed E-state index contributed by atoms with van der Waals surface area (Å²) in [5.74, 6) is 0.350. The van der Waals surface area contributed by atoms with E-state index in [0.717, 1.165) is 37.1 Å². The van der Waals surface area contributed by atoms with Crippen molar-refractivity contribution in [3.63, 3.8) is 0 Å². The first-order valence-corrected chi connectivity index (χ1v) is 16.0. The third-order valence-corrected chi connectivity index (χ3v) is 6.27. The van der Waals surface area contributed by atoms with Crippen molar-refractivity contribution in [2.75, 3.05) is 0 Å². The van der Waals surface area contributed by atoms with Crippen LogP contribution in [0.4, 0.5) is 36.6 Å². The Morgan fingerprint density at radius 1 is 0.590 bits per heavy atom. The van der Waals surface area contributed by atoms with E-state index >= 15 is 0 Å². The topological polar surface area (TPSA) is 55.0 Å². The first kappa shape index (κ1) is 34.7. The van der Waals surface area contributed by atoms with Crippen molar-refractivity contribution in [1.29, 1.82) is 0 Å². The average Bonchev–Trinajstić information content (AvgIpc) is 2.83. The van der Waals surface area contributed by atoms with Crippen molar-refractivity contribution >= 4 is 25.1 Å². The molecule has 0 aliphatic rings. The fraction of sp³-hybridized carbons (Fsp3) is 0.552. The zero-order valence-electron chi connectivity index (χ0n) is 23.8. The zero-order chi connectivity index (χ0) is 29.8. The summed E-state index contributed by atoms with van der Waals surface area (Å²) in [4.78, 5) is 0. The molecule has 0 radical (unpaired) electrons. The molecule has 10 heteroatoms. The van der Waals surface area contributed by atoms with Crippen molar-refractivity contribution in [2.45, 2.75) is 105 Å². The second kappa shape index (κ2) is 14.4. The summed E-state index contributed by atoms with van der Waals surface area (Å²) in [6, 6.07) is 13.8. The van der Waals surface area contributed by atoms with Gasteiger partial charge >= 0.3 is 38.9 Å². The van der Waals surface area contributed by atoms with Gasteiger partial charge in [0.05, 0.1) is 0 Å². The van der Waals surface area contributed by atoms with Gasteiger partial charge in [-0.15, -0.1) is 0 Å². The van der Waals surface area contributed by atoms with Crippen LogP contribution in [0, 0.1) is 0 Å². The van der Waals surface area contributed by atoms with Gasteiger partial charge in [0.15, 0.2) is 0 Å². The van der Waals surface area contributed by atoms with Gasteiger partial charge in [-0.25, -0.2) is 0 Å². The fourth-order valence-electron chi connectivity index (χ4n) is 4.33. The van der Waals surface area contributed by atoms with Crippen molar-refractivity contribution in [1.82, 2.24) is 4.58 Å². The number of hydrogen-bond acceptors (Lipinski definition) is 0. The summed E-state index contributed by atoms with van der Waals surface area (Å²) in [5.41, 5.74) is 20.5. The first-order chi connectivity index (χ1) is 18.0. The third-order valence-electron chi connectivity index (χ3n) is 6.27. The van der Waals surface area contributed by atoms with Gasteiger partial charge in [-0.05, 0) is 85.8 Å². The molecule has 0 atom stereocenters. The number of rotatable bonds is 14. The Balaban J connectivity index is 0.000000956. The molecule has 2 aromatic rings. The molecular formula is C29H46F6N3P. The number of benzene rings is 2. The minimum atomic E-state index is -10.7. The van der Waals surface area contributed by atoms with E-state index in [1.54, 1.807) is 0 Å². The van der Waals surface area contributed by atoms with E-state index in [1.807, 2.05) is 0 Å². The van der Waals surface area contributed by atoms with Crippen molar-refractivity contribution < 1.29 is 25.2 Å². The molecule has 224 valence electrons. The van der Waals surface area contributed by atoms with Gasteiger partial charge in [-0.1, -0.05) is 77.6 Å². The number of hydrogen-bond donors (Lipinski definition) is 2. The van der Waals surface area contributed by atoms with Crippen LogP contribution >= 0.6 is 7.81 Å². The van der Waals surface area contributed by atoms with E-state index in [9.17, 15) is 25.2 Å². The first-order valence-electron chi connectivity index (χ1n) is 14.0. The number of nitrogens with two attached hydrogens (primary N) is 2. The average molecular weight is 582 g/mol. The van der Waals surface area contributed by atoms with Gasteiger partial charge in [0.2, 0.25) is 0 Å². The Kier molecular flexibility index (Phi) is 12.8. The Bertz CT molecular complexity index is 1000. The molecule has 0 heterocycles. The SMILES string of the molecule is CCCCc1ccc([N+](=C(N)N)c2ccc(CCCC)cc2CCCC)c(CCCC)c1.F[P-](F)(F)(F)(F)F. The fourth-order valence-corrected chi connectivity index (χ4v) is 4.33. The summed E-state index contributed by atoms with van der Waals surface area (Å²) in [6.45, 7) is 9.00. The molecule has 0 saturated heterocycles. The molecule has 0 amide bonds. The molecule has 2 rings (SSSR count). The molecule has 0 unspecified atom stereocenters. The third kappa shape index (κ3) is 15.2. The van der Waals surface area contributed by atoms with E-state index in [1.165, 1.54) is 73.6 Å². The van der Waals surface area contributed by atoms with Crippen LogP contribution in [0.2, 0.25) is 0 Å². The van der Waals surface area contributed by atoms with Gasteiger partial charge in [0.25, 0.3) is 0 Å². The second-order valence-corrected chi connectivity index (χ2v) is 12.0. The molecular weight excluding hydrogens is 535 g/mol. The summed E-state index contributed by atoms with van der Waals surface area (Å²) in [7, 11) is -10.7. The molecule has 0 fully saturated rings. The molecule has 0 bridgehead atoms. The van der Waals surface area contributed by atoms with Crippen LogP contribution in [0.1, 0.15) is 101 Å². The van der Waals surface area contributed by atoms with Crippen LogP contribution in [-0.4, -0.2) is 5.96 Å². The number of aryl methyl sites for hydroxylation is 4.